The van der Waals surface area contributed by atoms with Gasteiger partial charge in [0.05, 0.1) is 13.3 Å². The van der Waals surface area contributed by atoms with Crippen molar-refractivity contribution in [2.45, 2.75) is 6.92 Å². The van der Waals surface area contributed by atoms with Gasteiger partial charge in [0, 0.05) is 11.1 Å². The van der Waals surface area contributed by atoms with Crippen LogP contribution < -0.4 is 4.74 Å². The van der Waals surface area contributed by atoms with Gasteiger partial charge in [-0.3, -0.25) is 0 Å². The van der Waals surface area contributed by atoms with E-state index in [4.69, 9.17) is 4.74 Å². The molecule has 0 fully saturated rings. The lowest BCUT2D eigenvalue weighted by Crippen LogP contribution is -1.97. The maximum atomic E-state index is 9.68. The number of fused-ring (bicyclic) bond motifs is 3. The summed E-state index contributed by atoms with van der Waals surface area (Å²) in [6, 6.07) is 19.7. The highest BCUT2D eigenvalue weighted by Gasteiger charge is 2.24. The highest BCUT2D eigenvalue weighted by Crippen LogP contribution is 2.37. The summed E-state index contributed by atoms with van der Waals surface area (Å²) >= 11 is 0. The van der Waals surface area contributed by atoms with Crippen LogP contribution in [0.15, 0.2) is 70.9 Å². The van der Waals surface area contributed by atoms with Crippen molar-refractivity contribution >= 4 is 11.9 Å². The number of methoxy groups -OCH3 is 1. The lowest BCUT2D eigenvalue weighted by Gasteiger charge is -2.03. The molecule has 0 radical (unpaired) electrons. The summed E-state index contributed by atoms with van der Waals surface area (Å²) in [5, 5.41) is 18.4. The maximum Gasteiger partial charge on any atom is 0.161 e. The van der Waals surface area contributed by atoms with Gasteiger partial charge in [-0.15, -0.1) is 5.10 Å². The summed E-state index contributed by atoms with van der Waals surface area (Å²) < 4.78 is 5.12. The molecule has 0 heterocycles. The van der Waals surface area contributed by atoms with Crippen LogP contribution in [0.3, 0.4) is 0 Å². The Kier molecular flexibility index (Phi) is 4.01. The summed E-state index contributed by atoms with van der Waals surface area (Å²) in [5.74, 6) is 0.513. The minimum atomic E-state index is 0.102. The molecule has 0 aliphatic heterocycles. The van der Waals surface area contributed by atoms with Gasteiger partial charge in [-0.2, -0.15) is 5.10 Å². The van der Waals surface area contributed by atoms with E-state index in [1.807, 2.05) is 12.1 Å². The minimum Gasteiger partial charge on any atom is -0.504 e. The molecule has 3 aromatic carbocycles. The first-order chi connectivity index (χ1) is 12.7. The predicted molar refractivity (Wildman–Crippen MR) is 105 cm³/mol. The van der Waals surface area contributed by atoms with Crippen LogP contribution in [0, 0.1) is 6.92 Å². The molecular formula is C22H18N2O2. The molecule has 1 aliphatic rings. The third kappa shape index (κ3) is 2.75. The lowest BCUT2D eigenvalue weighted by molar-refractivity contribution is 0.373. The van der Waals surface area contributed by atoms with Crippen molar-refractivity contribution in [3.63, 3.8) is 0 Å². The first-order valence-electron chi connectivity index (χ1n) is 8.36. The van der Waals surface area contributed by atoms with Crippen LogP contribution in [0.5, 0.6) is 11.5 Å². The Balaban J connectivity index is 1.74. The van der Waals surface area contributed by atoms with Gasteiger partial charge in [0.25, 0.3) is 0 Å². The third-order valence-electron chi connectivity index (χ3n) is 4.47. The summed E-state index contributed by atoms with van der Waals surface area (Å²) in [7, 11) is 1.52. The van der Waals surface area contributed by atoms with Crippen molar-refractivity contribution in [1.29, 1.82) is 0 Å². The van der Waals surface area contributed by atoms with Crippen LogP contribution in [0.4, 0.5) is 0 Å². The van der Waals surface area contributed by atoms with Crippen molar-refractivity contribution in [1.82, 2.24) is 0 Å². The third-order valence-corrected chi connectivity index (χ3v) is 4.47. The number of rotatable bonds is 3. The van der Waals surface area contributed by atoms with Crippen molar-refractivity contribution in [2.75, 3.05) is 7.11 Å². The molecule has 26 heavy (non-hydrogen) atoms. The molecule has 0 amide bonds. The number of nitrogens with zero attached hydrogens (tertiary/aromatic N) is 2. The smallest absolute Gasteiger partial charge is 0.161 e. The van der Waals surface area contributed by atoms with E-state index in [1.54, 1.807) is 24.4 Å². The first kappa shape index (κ1) is 16.1. The zero-order chi connectivity index (χ0) is 18.1. The molecule has 3 aromatic rings. The summed E-state index contributed by atoms with van der Waals surface area (Å²) in [6.45, 7) is 2.09. The fraction of sp³-hybridized carbons (Fsp3) is 0.0909. The van der Waals surface area contributed by atoms with Gasteiger partial charge < -0.3 is 9.84 Å². The van der Waals surface area contributed by atoms with E-state index in [0.29, 0.717) is 5.75 Å². The molecule has 1 aliphatic carbocycles. The molecule has 0 unspecified atom stereocenters. The van der Waals surface area contributed by atoms with Gasteiger partial charge in [0.15, 0.2) is 11.5 Å². The Morgan fingerprint density at radius 3 is 2.46 bits per heavy atom. The van der Waals surface area contributed by atoms with Crippen molar-refractivity contribution < 1.29 is 9.84 Å². The predicted octanol–water partition coefficient (Wildman–Crippen LogP) is 4.56. The number of benzene rings is 3. The van der Waals surface area contributed by atoms with Crippen LogP contribution in [0.1, 0.15) is 22.3 Å². The second-order valence-electron chi connectivity index (χ2n) is 6.22. The first-order valence-corrected chi connectivity index (χ1v) is 8.36. The molecule has 0 saturated carbocycles. The normalized spacial score (nSPS) is 13.8. The van der Waals surface area contributed by atoms with Gasteiger partial charge >= 0.3 is 0 Å². The zero-order valence-electron chi connectivity index (χ0n) is 14.6. The van der Waals surface area contributed by atoms with E-state index in [1.165, 1.54) is 23.8 Å². The van der Waals surface area contributed by atoms with Gasteiger partial charge in [-0.25, -0.2) is 0 Å². The Morgan fingerprint density at radius 2 is 1.65 bits per heavy atom. The monoisotopic (exact) mass is 342 g/mol. The highest BCUT2D eigenvalue weighted by atomic mass is 16.5. The van der Waals surface area contributed by atoms with Crippen LogP contribution >= 0.6 is 0 Å². The quantitative estimate of drug-likeness (QED) is 0.438. The molecule has 0 spiro atoms. The van der Waals surface area contributed by atoms with Crippen molar-refractivity contribution in [2.24, 2.45) is 10.2 Å². The van der Waals surface area contributed by atoms with Gasteiger partial charge in [-0.1, -0.05) is 48.0 Å². The van der Waals surface area contributed by atoms with Crippen LogP contribution in [-0.4, -0.2) is 24.1 Å². The number of hydrogen-bond acceptors (Lipinski definition) is 4. The molecule has 4 rings (SSSR count). The molecule has 0 saturated heterocycles. The summed E-state index contributed by atoms with van der Waals surface area (Å²) in [5.41, 5.74) is 7.47. The van der Waals surface area contributed by atoms with E-state index in [2.05, 4.69) is 47.5 Å². The molecule has 0 atom stereocenters. The van der Waals surface area contributed by atoms with Gasteiger partial charge in [0.2, 0.25) is 0 Å². The Morgan fingerprint density at radius 1 is 0.885 bits per heavy atom. The van der Waals surface area contributed by atoms with Gasteiger partial charge in [0.1, 0.15) is 5.71 Å². The Bertz CT molecular complexity index is 1050. The summed E-state index contributed by atoms with van der Waals surface area (Å²) in [6.07, 6.45) is 1.66. The second kappa shape index (κ2) is 6.48. The van der Waals surface area contributed by atoms with E-state index < -0.39 is 0 Å². The number of aromatic hydroxyl groups is 1. The van der Waals surface area contributed by atoms with Crippen molar-refractivity contribution in [3.8, 4) is 22.6 Å². The number of hydrogen-bond donors (Lipinski definition) is 1. The maximum absolute atomic E-state index is 9.68. The standard InChI is InChI=1S/C22H18N2O2/c1-14-7-9-18-19(11-14)16-5-3-4-6-17(16)22(18)24-23-13-15-8-10-20(25)21(12-15)26-2/h3-13,25H,1-2H3/b23-13+,24-22-. The number of aryl methyl sites for hydroxylation is 1. The SMILES string of the molecule is COc1cc(/C=N/N=C2/c3ccccc3-c3cc(C)ccc32)ccc1O. The number of phenols is 1. The Labute approximate surface area is 152 Å². The van der Waals surface area contributed by atoms with E-state index in [0.717, 1.165) is 22.4 Å². The lowest BCUT2D eigenvalue weighted by atomic mass is 10.0. The fourth-order valence-corrected chi connectivity index (χ4v) is 3.19. The highest BCUT2D eigenvalue weighted by molar-refractivity contribution is 6.24. The average molecular weight is 342 g/mol. The number of ether oxygens (including phenoxy) is 1. The second-order valence-corrected chi connectivity index (χ2v) is 6.22. The molecule has 1 N–H and O–H groups in total. The average Bonchev–Trinajstić information content (AvgIpc) is 2.96. The fourth-order valence-electron chi connectivity index (χ4n) is 3.19. The van der Waals surface area contributed by atoms with Crippen LogP contribution in [0.25, 0.3) is 11.1 Å². The zero-order valence-corrected chi connectivity index (χ0v) is 14.6. The van der Waals surface area contributed by atoms with Crippen LogP contribution in [0.2, 0.25) is 0 Å². The number of phenolic OH excluding ortho intramolecular Hbond substituents is 1. The molecule has 4 heteroatoms. The molecule has 4 nitrogen and oxygen atoms in total. The minimum absolute atomic E-state index is 0.102. The van der Waals surface area contributed by atoms with E-state index >= 15 is 0 Å². The topological polar surface area (TPSA) is 54.2 Å². The Hall–Kier alpha value is -3.40. The molecule has 0 aromatic heterocycles. The molecule has 128 valence electrons. The molecular weight excluding hydrogens is 324 g/mol. The van der Waals surface area contributed by atoms with Gasteiger partial charge in [-0.05, 0) is 41.8 Å². The van der Waals surface area contributed by atoms with Crippen LogP contribution in [-0.2, 0) is 0 Å². The molecule has 0 bridgehead atoms. The largest absolute Gasteiger partial charge is 0.504 e. The van der Waals surface area contributed by atoms with E-state index in [-0.39, 0.29) is 5.75 Å². The van der Waals surface area contributed by atoms with Crippen molar-refractivity contribution in [3.05, 3.63) is 82.9 Å². The van der Waals surface area contributed by atoms with E-state index in [9.17, 15) is 5.11 Å². The summed E-state index contributed by atoms with van der Waals surface area (Å²) in [4.78, 5) is 0.